The lowest BCUT2D eigenvalue weighted by molar-refractivity contribution is -0.167. The van der Waals surface area contributed by atoms with Crippen LogP contribution in [-0.2, 0) is 28.6 Å². The van der Waals surface area contributed by atoms with Crippen LogP contribution < -0.4 is 0 Å². The summed E-state index contributed by atoms with van der Waals surface area (Å²) in [5.41, 5.74) is 0. The highest BCUT2D eigenvalue weighted by molar-refractivity contribution is 5.71. The molecule has 0 aliphatic rings. The van der Waals surface area contributed by atoms with Gasteiger partial charge in [-0.1, -0.05) is 184 Å². The van der Waals surface area contributed by atoms with Crippen molar-refractivity contribution >= 4 is 17.9 Å². The minimum Gasteiger partial charge on any atom is -0.462 e. The zero-order valence-electron chi connectivity index (χ0n) is 39.2. The third-order valence-corrected chi connectivity index (χ3v) is 10.4. The number of allylic oxidation sites excluding steroid dienone is 12. The molecule has 60 heavy (non-hydrogen) atoms. The number of carbonyl (C=O) groups is 3. The average molecular weight is 837 g/mol. The normalized spacial score (nSPS) is 12.7. The molecule has 1 unspecified atom stereocenters. The van der Waals surface area contributed by atoms with Gasteiger partial charge in [0.05, 0.1) is 0 Å². The second-order valence-corrected chi connectivity index (χ2v) is 16.4. The number of unbranched alkanes of at least 4 members (excludes halogenated alkanes) is 22. The standard InChI is InChI=1S/C54H92O6/c1-4-7-10-13-16-19-21-23-25-27-29-30-32-35-38-41-44-47-53(56)59-50-51(49-58-52(55)46-43-40-37-34-18-15-12-9-6-3)60-54(57)48-45-42-39-36-33-31-28-26-24-22-20-17-14-11-8-5-2/h9,12,16,18-19,23,25-26,28,31,33-34,51H,4-8,10-11,13-15,17,20-22,24,27,29-30,32,35-50H2,1-3H3/b12-9-,19-16-,25-23-,28-26-,33-31-,34-18-. The highest BCUT2D eigenvalue weighted by Gasteiger charge is 2.19. The summed E-state index contributed by atoms with van der Waals surface area (Å²) in [6.45, 7) is 6.42. The fourth-order valence-electron chi connectivity index (χ4n) is 6.68. The Morgan fingerprint density at radius 3 is 1.18 bits per heavy atom. The molecule has 0 saturated heterocycles. The number of ether oxygens (including phenoxy) is 3. The molecule has 0 spiro atoms. The van der Waals surface area contributed by atoms with Gasteiger partial charge in [0.25, 0.3) is 0 Å². The van der Waals surface area contributed by atoms with Gasteiger partial charge in [-0.15, -0.1) is 0 Å². The zero-order valence-corrected chi connectivity index (χ0v) is 39.2. The fraction of sp³-hybridized carbons (Fsp3) is 0.722. The molecule has 0 aromatic rings. The summed E-state index contributed by atoms with van der Waals surface area (Å²) in [4.78, 5) is 37.8. The smallest absolute Gasteiger partial charge is 0.306 e. The van der Waals surface area contributed by atoms with Gasteiger partial charge in [0.1, 0.15) is 13.2 Å². The molecule has 1 atom stereocenters. The van der Waals surface area contributed by atoms with Crippen molar-refractivity contribution in [3.63, 3.8) is 0 Å². The van der Waals surface area contributed by atoms with E-state index in [1.165, 1.54) is 96.3 Å². The van der Waals surface area contributed by atoms with Crippen LogP contribution in [0.25, 0.3) is 0 Å². The lowest BCUT2D eigenvalue weighted by Gasteiger charge is -2.18. The fourth-order valence-corrected chi connectivity index (χ4v) is 6.68. The van der Waals surface area contributed by atoms with Crippen molar-refractivity contribution in [2.45, 2.75) is 239 Å². The van der Waals surface area contributed by atoms with Crippen molar-refractivity contribution in [3.05, 3.63) is 72.9 Å². The van der Waals surface area contributed by atoms with Gasteiger partial charge in [0.2, 0.25) is 0 Å². The minimum atomic E-state index is -0.804. The first-order valence-corrected chi connectivity index (χ1v) is 25.0. The average Bonchev–Trinajstić information content (AvgIpc) is 3.24. The van der Waals surface area contributed by atoms with E-state index in [9.17, 15) is 14.4 Å². The molecule has 344 valence electrons. The van der Waals surface area contributed by atoms with Crippen LogP contribution in [0.5, 0.6) is 0 Å². The van der Waals surface area contributed by atoms with Crippen LogP contribution in [0.15, 0.2) is 72.9 Å². The molecule has 0 amide bonds. The Morgan fingerprint density at radius 2 is 0.700 bits per heavy atom. The molecule has 0 radical (unpaired) electrons. The molecule has 0 saturated carbocycles. The Bertz CT molecular complexity index is 1140. The van der Waals surface area contributed by atoms with Gasteiger partial charge in [0, 0.05) is 19.3 Å². The summed E-state index contributed by atoms with van der Waals surface area (Å²) in [5.74, 6) is -0.975. The lowest BCUT2D eigenvalue weighted by atomic mass is 10.1. The molecule has 0 aromatic carbocycles. The molecule has 0 heterocycles. The first-order chi connectivity index (χ1) is 29.5. The molecule has 0 rings (SSSR count). The Morgan fingerprint density at radius 1 is 0.367 bits per heavy atom. The summed E-state index contributed by atoms with van der Waals surface area (Å²) in [5, 5.41) is 0. The number of hydrogen-bond acceptors (Lipinski definition) is 6. The van der Waals surface area contributed by atoms with Crippen LogP contribution in [0.1, 0.15) is 233 Å². The van der Waals surface area contributed by atoms with Crippen molar-refractivity contribution < 1.29 is 28.6 Å². The summed E-state index contributed by atoms with van der Waals surface area (Å²) >= 11 is 0. The maximum atomic E-state index is 12.7. The predicted octanol–water partition coefficient (Wildman–Crippen LogP) is 16.3. The Balaban J connectivity index is 4.41. The van der Waals surface area contributed by atoms with E-state index >= 15 is 0 Å². The molecule has 0 fully saturated rings. The molecule has 0 aromatic heterocycles. The Hall–Kier alpha value is -3.15. The van der Waals surface area contributed by atoms with E-state index in [2.05, 4.69) is 93.7 Å². The third kappa shape index (κ3) is 45.9. The van der Waals surface area contributed by atoms with E-state index in [1.54, 1.807) is 0 Å². The van der Waals surface area contributed by atoms with Crippen LogP contribution in [0.3, 0.4) is 0 Å². The third-order valence-electron chi connectivity index (χ3n) is 10.4. The minimum absolute atomic E-state index is 0.101. The second-order valence-electron chi connectivity index (χ2n) is 16.4. The molecule has 6 nitrogen and oxygen atoms in total. The van der Waals surface area contributed by atoms with E-state index in [1.807, 2.05) is 0 Å². The summed E-state index contributed by atoms with van der Waals surface area (Å²) in [7, 11) is 0. The largest absolute Gasteiger partial charge is 0.462 e. The number of rotatable bonds is 44. The molecule has 0 N–H and O–H groups in total. The SMILES string of the molecule is CC/C=C\C/C=C\CCCCC(=O)OCC(COC(=O)CCCCCCCCC/C=C\C/C=C\CCCCC)OC(=O)CCCCC/C=C\C=C/CCCCCCCCC. The summed E-state index contributed by atoms with van der Waals surface area (Å²) in [6, 6.07) is 0. The van der Waals surface area contributed by atoms with E-state index < -0.39 is 6.10 Å². The van der Waals surface area contributed by atoms with Gasteiger partial charge in [-0.3, -0.25) is 14.4 Å². The summed E-state index contributed by atoms with van der Waals surface area (Å²) < 4.78 is 16.7. The number of hydrogen-bond donors (Lipinski definition) is 0. The molecular weight excluding hydrogens is 745 g/mol. The zero-order chi connectivity index (χ0) is 43.7. The number of carbonyl (C=O) groups excluding carboxylic acids is 3. The predicted molar refractivity (Wildman–Crippen MR) is 256 cm³/mol. The van der Waals surface area contributed by atoms with E-state index in [0.29, 0.717) is 12.8 Å². The van der Waals surface area contributed by atoms with E-state index in [0.717, 1.165) is 96.3 Å². The topological polar surface area (TPSA) is 78.9 Å². The number of esters is 3. The molecule has 0 aliphatic heterocycles. The van der Waals surface area contributed by atoms with Crippen LogP contribution in [-0.4, -0.2) is 37.2 Å². The van der Waals surface area contributed by atoms with Gasteiger partial charge < -0.3 is 14.2 Å². The molecule has 6 heteroatoms. The van der Waals surface area contributed by atoms with Crippen molar-refractivity contribution in [1.29, 1.82) is 0 Å². The highest BCUT2D eigenvalue weighted by atomic mass is 16.6. The molecule has 0 bridgehead atoms. The van der Waals surface area contributed by atoms with Gasteiger partial charge in [-0.2, -0.15) is 0 Å². The first-order valence-electron chi connectivity index (χ1n) is 25.0. The van der Waals surface area contributed by atoms with Crippen LogP contribution >= 0.6 is 0 Å². The van der Waals surface area contributed by atoms with Gasteiger partial charge in [-0.05, 0) is 103 Å². The van der Waals surface area contributed by atoms with Crippen LogP contribution in [0.2, 0.25) is 0 Å². The highest BCUT2D eigenvalue weighted by Crippen LogP contribution is 2.13. The van der Waals surface area contributed by atoms with E-state index in [4.69, 9.17) is 14.2 Å². The molecule has 0 aliphatic carbocycles. The van der Waals surface area contributed by atoms with Crippen molar-refractivity contribution in [2.75, 3.05) is 13.2 Å². The quantitative estimate of drug-likeness (QED) is 0.0200. The van der Waals surface area contributed by atoms with Gasteiger partial charge >= 0.3 is 17.9 Å². The van der Waals surface area contributed by atoms with Crippen LogP contribution in [0, 0.1) is 0 Å². The van der Waals surface area contributed by atoms with Gasteiger partial charge in [0.15, 0.2) is 6.10 Å². The molecular formula is C54H92O6. The van der Waals surface area contributed by atoms with Gasteiger partial charge in [-0.25, -0.2) is 0 Å². The first kappa shape index (κ1) is 56.9. The maximum Gasteiger partial charge on any atom is 0.306 e. The summed E-state index contributed by atoms with van der Waals surface area (Å²) in [6.07, 6.45) is 60.4. The van der Waals surface area contributed by atoms with E-state index in [-0.39, 0.29) is 37.5 Å². The maximum absolute atomic E-state index is 12.7. The lowest BCUT2D eigenvalue weighted by Crippen LogP contribution is -2.30. The monoisotopic (exact) mass is 837 g/mol. The van der Waals surface area contributed by atoms with Crippen LogP contribution in [0.4, 0.5) is 0 Å². The Kier molecular flexibility index (Phi) is 46.0. The van der Waals surface area contributed by atoms with Crippen molar-refractivity contribution in [1.82, 2.24) is 0 Å². The second kappa shape index (κ2) is 48.5. The van der Waals surface area contributed by atoms with Crippen molar-refractivity contribution in [3.8, 4) is 0 Å². The Labute approximate surface area is 370 Å². The van der Waals surface area contributed by atoms with Crippen molar-refractivity contribution in [2.24, 2.45) is 0 Å².